The zero-order valence-corrected chi connectivity index (χ0v) is 18.2. The van der Waals surface area contributed by atoms with Crippen molar-refractivity contribution in [3.8, 4) is 11.6 Å². The third kappa shape index (κ3) is 6.09. The van der Waals surface area contributed by atoms with Crippen molar-refractivity contribution in [3.05, 3.63) is 29.6 Å². The molecule has 0 spiro atoms. The first-order valence-electron chi connectivity index (χ1n) is 10.3. The highest BCUT2D eigenvalue weighted by atomic mass is 16.6. The number of nitrogens with one attached hydrogen (secondary N) is 3. The van der Waals surface area contributed by atoms with Gasteiger partial charge in [-0.1, -0.05) is 0 Å². The van der Waals surface area contributed by atoms with Gasteiger partial charge in [0.05, 0.1) is 32.9 Å². The number of pyridine rings is 1. The van der Waals surface area contributed by atoms with Gasteiger partial charge < -0.3 is 24.8 Å². The van der Waals surface area contributed by atoms with E-state index in [4.69, 9.17) is 14.2 Å². The molecule has 3 rings (SSSR count). The number of hydrogen-bond donors (Lipinski definition) is 3. The minimum atomic E-state index is -0.388. The van der Waals surface area contributed by atoms with Gasteiger partial charge >= 0.3 is 6.09 Å². The minimum absolute atomic E-state index is 0.0618. The molecule has 0 aliphatic heterocycles. The van der Waals surface area contributed by atoms with E-state index in [2.05, 4.69) is 25.8 Å². The second-order valence-electron chi connectivity index (χ2n) is 7.78. The summed E-state index contributed by atoms with van der Waals surface area (Å²) < 4.78 is 15.5. The first-order valence-corrected chi connectivity index (χ1v) is 10.3. The summed E-state index contributed by atoms with van der Waals surface area (Å²) >= 11 is 0. The lowest BCUT2D eigenvalue weighted by Crippen LogP contribution is -2.34. The lowest BCUT2D eigenvalue weighted by Gasteiger charge is -2.14. The Morgan fingerprint density at radius 1 is 1.23 bits per heavy atom. The third-order valence-electron chi connectivity index (χ3n) is 5.11. The highest BCUT2D eigenvalue weighted by Gasteiger charge is 2.29. The highest BCUT2D eigenvalue weighted by Crippen LogP contribution is 2.34. The fraction of sp³-hybridized carbons (Fsp3) is 0.524. The number of H-pyrrole nitrogens is 1. The summed E-state index contributed by atoms with van der Waals surface area (Å²) in [5.74, 6) is 1.38. The molecule has 10 heteroatoms. The second kappa shape index (κ2) is 10.1. The Hall–Kier alpha value is -3.30. The van der Waals surface area contributed by atoms with Gasteiger partial charge in [-0.2, -0.15) is 5.10 Å². The van der Waals surface area contributed by atoms with Crippen molar-refractivity contribution in [3.63, 3.8) is 0 Å². The number of alkyl carbamates (subject to hydrolysis) is 1. The summed E-state index contributed by atoms with van der Waals surface area (Å²) in [5.41, 5.74) is 1.60. The molecule has 2 atom stereocenters. The topological polar surface area (TPSA) is 127 Å². The molecule has 1 aliphatic rings. The Morgan fingerprint density at radius 2 is 2.03 bits per heavy atom. The number of methoxy groups -OCH3 is 2. The van der Waals surface area contributed by atoms with Crippen molar-refractivity contribution < 1.29 is 23.8 Å². The van der Waals surface area contributed by atoms with Crippen LogP contribution in [0.25, 0.3) is 0 Å². The molecule has 0 bridgehead atoms. The lowest BCUT2D eigenvalue weighted by molar-refractivity contribution is -0.115. The summed E-state index contributed by atoms with van der Waals surface area (Å²) in [6.07, 6.45) is 3.65. The molecule has 0 aromatic carbocycles. The molecule has 3 N–H and O–H groups in total. The van der Waals surface area contributed by atoms with Crippen molar-refractivity contribution >= 4 is 17.8 Å². The first kappa shape index (κ1) is 22.4. The molecule has 2 heterocycles. The zero-order chi connectivity index (χ0) is 22.4. The van der Waals surface area contributed by atoms with Gasteiger partial charge in [0.25, 0.3) is 0 Å². The van der Waals surface area contributed by atoms with E-state index < -0.39 is 0 Å². The fourth-order valence-electron chi connectivity index (χ4n) is 3.68. The number of carbonyl (C=O) groups is 2. The van der Waals surface area contributed by atoms with E-state index in [0.717, 1.165) is 25.0 Å². The summed E-state index contributed by atoms with van der Waals surface area (Å²) in [5, 5.41) is 12.9. The second-order valence-corrected chi connectivity index (χ2v) is 7.78. The smallest absolute Gasteiger partial charge is 0.407 e. The number of aromatic amines is 1. The minimum Gasteiger partial charge on any atom is -0.495 e. The monoisotopic (exact) mass is 431 g/mol. The van der Waals surface area contributed by atoms with Crippen LogP contribution < -0.4 is 20.1 Å². The van der Waals surface area contributed by atoms with Crippen LogP contribution in [0.4, 0.5) is 10.6 Å². The van der Waals surface area contributed by atoms with Crippen molar-refractivity contribution in [2.24, 2.45) is 0 Å². The normalized spacial score (nSPS) is 18.0. The van der Waals surface area contributed by atoms with Gasteiger partial charge in [-0.05, 0) is 33.1 Å². The molecule has 10 nitrogen and oxygen atoms in total. The summed E-state index contributed by atoms with van der Waals surface area (Å²) in [7, 11) is 3.04. The van der Waals surface area contributed by atoms with Crippen molar-refractivity contribution in [2.75, 3.05) is 19.5 Å². The van der Waals surface area contributed by atoms with Gasteiger partial charge in [-0.3, -0.25) is 9.89 Å². The number of rotatable bonds is 8. The maximum absolute atomic E-state index is 12.5. The molecular formula is C21H29N5O5. The van der Waals surface area contributed by atoms with E-state index in [1.54, 1.807) is 6.07 Å². The van der Waals surface area contributed by atoms with Gasteiger partial charge in [0.1, 0.15) is 5.75 Å². The van der Waals surface area contributed by atoms with Crippen LogP contribution in [-0.4, -0.2) is 53.5 Å². The SMILES string of the molecule is COc1cc(CC(=O)Nc2cc(C3CCC(NC(=O)OC(C)C)C3)[nH]n2)c(OC)cn1. The Balaban J connectivity index is 1.54. The molecule has 2 unspecified atom stereocenters. The Kier molecular flexibility index (Phi) is 7.32. The van der Waals surface area contributed by atoms with Gasteiger partial charge in [0.2, 0.25) is 11.8 Å². The number of ether oxygens (including phenoxy) is 3. The zero-order valence-electron chi connectivity index (χ0n) is 18.2. The van der Waals surface area contributed by atoms with E-state index >= 15 is 0 Å². The number of aromatic nitrogens is 3. The molecule has 31 heavy (non-hydrogen) atoms. The van der Waals surface area contributed by atoms with Crippen LogP contribution in [0.1, 0.15) is 50.3 Å². The van der Waals surface area contributed by atoms with Crippen molar-refractivity contribution in [1.29, 1.82) is 0 Å². The molecule has 2 amide bonds. The average Bonchev–Trinajstić information content (AvgIpc) is 3.36. The van der Waals surface area contributed by atoms with Crippen LogP contribution in [0.15, 0.2) is 18.3 Å². The lowest BCUT2D eigenvalue weighted by atomic mass is 10.0. The molecule has 0 saturated heterocycles. The number of carbonyl (C=O) groups excluding carboxylic acids is 2. The van der Waals surface area contributed by atoms with Crippen LogP contribution in [-0.2, 0) is 16.0 Å². The number of anilines is 1. The molecule has 0 radical (unpaired) electrons. The van der Waals surface area contributed by atoms with Gasteiger partial charge in [0, 0.05) is 35.3 Å². The van der Waals surface area contributed by atoms with E-state index in [-0.39, 0.29) is 36.5 Å². The maximum Gasteiger partial charge on any atom is 0.407 e. The van der Waals surface area contributed by atoms with Crippen LogP contribution >= 0.6 is 0 Å². The van der Waals surface area contributed by atoms with Crippen molar-refractivity contribution in [2.45, 2.75) is 57.6 Å². The summed E-state index contributed by atoms with van der Waals surface area (Å²) in [6, 6.07) is 3.57. The molecule has 1 saturated carbocycles. The average molecular weight is 431 g/mol. The van der Waals surface area contributed by atoms with Crippen LogP contribution in [0.5, 0.6) is 11.6 Å². The summed E-state index contributed by atoms with van der Waals surface area (Å²) in [4.78, 5) is 28.4. The molecule has 2 aromatic rings. The maximum atomic E-state index is 12.5. The number of hydrogen-bond acceptors (Lipinski definition) is 7. The molecular weight excluding hydrogens is 402 g/mol. The molecule has 168 valence electrons. The van der Waals surface area contributed by atoms with Crippen LogP contribution in [0.2, 0.25) is 0 Å². The Labute approximate surface area is 181 Å². The largest absolute Gasteiger partial charge is 0.495 e. The van der Waals surface area contributed by atoms with Crippen LogP contribution in [0, 0.1) is 0 Å². The predicted molar refractivity (Wildman–Crippen MR) is 113 cm³/mol. The molecule has 1 fully saturated rings. The van der Waals surface area contributed by atoms with Gasteiger partial charge in [0.15, 0.2) is 5.82 Å². The first-order chi connectivity index (χ1) is 14.9. The standard InChI is InChI=1S/C21H29N5O5/c1-12(2)31-21(28)23-15-6-5-13(7-15)16-10-18(26-25-16)24-19(27)8-14-9-20(30-4)22-11-17(14)29-3/h9-13,15H,5-8H2,1-4H3,(H,23,28)(H2,24,25,26,27). The Bertz CT molecular complexity index is 913. The number of nitrogens with zero attached hydrogens (tertiary/aromatic N) is 2. The van der Waals surface area contributed by atoms with E-state index in [0.29, 0.717) is 23.0 Å². The molecule has 2 aromatic heterocycles. The molecule has 1 aliphatic carbocycles. The summed E-state index contributed by atoms with van der Waals surface area (Å²) in [6.45, 7) is 3.64. The number of amides is 2. The van der Waals surface area contributed by atoms with E-state index in [1.807, 2.05) is 19.9 Å². The fourth-order valence-corrected chi connectivity index (χ4v) is 3.68. The van der Waals surface area contributed by atoms with E-state index in [1.165, 1.54) is 20.4 Å². The highest BCUT2D eigenvalue weighted by molar-refractivity contribution is 5.91. The van der Waals surface area contributed by atoms with Crippen LogP contribution in [0.3, 0.4) is 0 Å². The quantitative estimate of drug-likeness (QED) is 0.586. The Morgan fingerprint density at radius 3 is 2.74 bits per heavy atom. The third-order valence-corrected chi connectivity index (χ3v) is 5.11. The predicted octanol–water partition coefficient (Wildman–Crippen LogP) is 2.77. The van der Waals surface area contributed by atoms with E-state index in [9.17, 15) is 9.59 Å². The van der Waals surface area contributed by atoms with Crippen molar-refractivity contribution in [1.82, 2.24) is 20.5 Å². The van der Waals surface area contributed by atoms with Gasteiger partial charge in [-0.25, -0.2) is 9.78 Å². The van der Waals surface area contributed by atoms with Gasteiger partial charge in [-0.15, -0.1) is 0 Å².